The number of hydrogen-bond donors (Lipinski definition) is 0. The summed E-state index contributed by atoms with van der Waals surface area (Å²) in [5.41, 5.74) is 0.433. The molecule has 3 aromatic rings. The average molecular weight is 509 g/mol. The van der Waals surface area contributed by atoms with Crippen LogP contribution in [0.4, 0.5) is 5.69 Å². The number of nitro benzene ring substituents is 1. The van der Waals surface area contributed by atoms with Gasteiger partial charge in [0.25, 0.3) is 5.56 Å². The van der Waals surface area contributed by atoms with Gasteiger partial charge in [-0.15, -0.1) is 6.42 Å². The van der Waals surface area contributed by atoms with Crippen LogP contribution < -0.4 is 10.3 Å². The van der Waals surface area contributed by atoms with Gasteiger partial charge in [-0.05, 0) is 37.1 Å². The molecule has 0 N–H and O–H groups in total. The Hall–Kier alpha value is -3.51. The molecule has 168 valence electrons. The highest BCUT2D eigenvalue weighted by Crippen LogP contribution is 2.33. The molecule has 8 nitrogen and oxygen atoms in total. The summed E-state index contributed by atoms with van der Waals surface area (Å²) in [5.74, 6) is 3.03. The molecule has 0 amide bonds. The van der Waals surface area contributed by atoms with Gasteiger partial charge in [-0.3, -0.25) is 14.9 Å². The lowest BCUT2D eigenvalue weighted by atomic mass is 9.88. The van der Waals surface area contributed by atoms with Crippen molar-refractivity contribution >= 4 is 38.7 Å². The van der Waals surface area contributed by atoms with E-state index in [2.05, 4.69) is 27.0 Å². The van der Waals surface area contributed by atoms with Crippen LogP contribution in [-0.4, -0.2) is 27.4 Å². The first-order valence-corrected chi connectivity index (χ1v) is 11.4. The van der Waals surface area contributed by atoms with Crippen molar-refractivity contribution in [2.45, 2.75) is 38.0 Å². The van der Waals surface area contributed by atoms with Crippen molar-refractivity contribution in [3.8, 4) is 18.1 Å². The lowest BCUT2D eigenvalue weighted by Gasteiger charge is -2.22. The SMILES string of the molecule is C#CCOc1c(C=Nn2c(C3CCCCC3)nc3ccc(Br)cc3c2=O)cccc1[N+](=O)[O-]. The molecule has 1 heterocycles. The molecular weight excluding hydrogens is 488 g/mol. The maximum absolute atomic E-state index is 13.4. The number of rotatable bonds is 6. The summed E-state index contributed by atoms with van der Waals surface area (Å²) in [6, 6.07) is 9.87. The third kappa shape index (κ3) is 4.81. The van der Waals surface area contributed by atoms with Crippen LogP contribution in [0, 0.1) is 22.5 Å². The third-order valence-corrected chi connectivity index (χ3v) is 6.13. The Morgan fingerprint density at radius 1 is 1.30 bits per heavy atom. The quantitative estimate of drug-likeness (QED) is 0.201. The summed E-state index contributed by atoms with van der Waals surface area (Å²) in [4.78, 5) is 29.1. The minimum atomic E-state index is -0.544. The van der Waals surface area contributed by atoms with E-state index < -0.39 is 4.92 Å². The van der Waals surface area contributed by atoms with Crippen LogP contribution in [0.25, 0.3) is 10.9 Å². The van der Waals surface area contributed by atoms with Crippen molar-refractivity contribution < 1.29 is 9.66 Å². The fourth-order valence-electron chi connectivity index (χ4n) is 4.08. The summed E-state index contributed by atoms with van der Waals surface area (Å²) in [5, 5.41) is 16.3. The zero-order valence-corrected chi connectivity index (χ0v) is 19.3. The van der Waals surface area contributed by atoms with Gasteiger partial charge in [0.15, 0.2) is 0 Å². The Bertz CT molecular complexity index is 1340. The number of benzene rings is 2. The molecule has 1 aliphatic carbocycles. The smallest absolute Gasteiger partial charge is 0.311 e. The number of terminal acetylenes is 1. The second-order valence-corrected chi connectivity index (χ2v) is 8.69. The first-order chi connectivity index (χ1) is 16.0. The van der Waals surface area contributed by atoms with E-state index in [1.807, 2.05) is 12.1 Å². The topological polar surface area (TPSA) is 99.6 Å². The number of hydrogen-bond acceptors (Lipinski definition) is 6. The van der Waals surface area contributed by atoms with E-state index in [4.69, 9.17) is 16.1 Å². The van der Waals surface area contributed by atoms with Crippen molar-refractivity contribution in [2.24, 2.45) is 5.10 Å². The standard InChI is InChI=1S/C24H21BrN4O4/c1-2-13-33-22-17(9-6-10-21(22)29(31)32)15-26-28-23(16-7-4-3-5-8-16)27-20-12-11-18(25)14-19(20)24(28)30/h1,6,9-12,14-16H,3-5,7-8,13H2. The fraction of sp³-hybridized carbons (Fsp3) is 0.292. The van der Waals surface area contributed by atoms with Crippen LogP contribution in [0.15, 0.2) is 50.8 Å². The Balaban J connectivity index is 1.87. The monoisotopic (exact) mass is 508 g/mol. The summed E-state index contributed by atoms with van der Waals surface area (Å²) in [6.45, 7) is -0.134. The van der Waals surface area contributed by atoms with E-state index in [-0.39, 0.29) is 29.5 Å². The predicted molar refractivity (Wildman–Crippen MR) is 130 cm³/mol. The number of halogens is 1. The van der Waals surface area contributed by atoms with Crippen LogP contribution in [0.5, 0.6) is 5.75 Å². The van der Waals surface area contributed by atoms with Gasteiger partial charge in [0.05, 0.1) is 22.0 Å². The van der Waals surface area contributed by atoms with Crippen LogP contribution in [0.2, 0.25) is 0 Å². The van der Waals surface area contributed by atoms with Crippen LogP contribution in [-0.2, 0) is 0 Å². The number of nitro groups is 1. The molecule has 0 radical (unpaired) electrons. The van der Waals surface area contributed by atoms with Crippen molar-refractivity contribution in [1.82, 2.24) is 9.66 Å². The molecule has 33 heavy (non-hydrogen) atoms. The molecule has 0 unspecified atom stereocenters. The highest BCUT2D eigenvalue weighted by Gasteiger charge is 2.23. The first kappa shape index (κ1) is 22.7. The van der Waals surface area contributed by atoms with Gasteiger partial charge in [-0.1, -0.05) is 47.2 Å². The second-order valence-electron chi connectivity index (χ2n) is 7.77. The molecular formula is C24H21BrN4O4. The Morgan fingerprint density at radius 3 is 2.82 bits per heavy atom. The molecule has 1 aromatic heterocycles. The van der Waals surface area contributed by atoms with E-state index >= 15 is 0 Å². The second kappa shape index (κ2) is 9.96. The minimum Gasteiger partial charge on any atom is -0.473 e. The summed E-state index contributed by atoms with van der Waals surface area (Å²) in [6.07, 6.45) is 11.8. The zero-order valence-electron chi connectivity index (χ0n) is 17.7. The molecule has 0 bridgehead atoms. The highest BCUT2D eigenvalue weighted by molar-refractivity contribution is 9.10. The molecule has 1 saturated carbocycles. The predicted octanol–water partition coefficient (Wildman–Crippen LogP) is 5.01. The molecule has 4 rings (SSSR count). The Kier molecular flexibility index (Phi) is 6.84. The molecule has 0 aliphatic heterocycles. The van der Waals surface area contributed by atoms with Gasteiger partial charge < -0.3 is 4.74 Å². The molecule has 0 atom stereocenters. The molecule has 9 heteroatoms. The Morgan fingerprint density at radius 2 is 2.09 bits per heavy atom. The van der Waals surface area contributed by atoms with Gasteiger partial charge in [-0.25, -0.2) is 4.98 Å². The Labute approximate surface area is 198 Å². The van der Waals surface area contributed by atoms with Crippen LogP contribution in [0.3, 0.4) is 0 Å². The average Bonchev–Trinajstić information content (AvgIpc) is 2.83. The summed E-state index contributed by atoms with van der Waals surface area (Å²) in [7, 11) is 0. The van der Waals surface area contributed by atoms with Crippen molar-refractivity contribution in [3.05, 3.63) is 72.7 Å². The van der Waals surface area contributed by atoms with E-state index in [1.54, 1.807) is 12.1 Å². The van der Waals surface area contributed by atoms with Gasteiger partial charge in [0, 0.05) is 22.0 Å². The van der Waals surface area contributed by atoms with Gasteiger partial charge in [0.2, 0.25) is 5.75 Å². The van der Waals surface area contributed by atoms with Crippen LogP contribution in [0.1, 0.15) is 49.4 Å². The third-order valence-electron chi connectivity index (χ3n) is 5.64. The van der Waals surface area contributed by atoms with Crippen molar-refractivity contribution in [2.75, 3.05) is 6.61 Å². The number of ether oxygens (including phenoxy) is 1. The largest absolute Gasteiger partial charge is 0.473 e. The van der Waals surface area contributed by atoms with E-state index in [1.165, 1.54) is 23.0 Å². The number of para-hydroxylation sites is 1. The van der Waals surface area contributed by atoms with E-state index in [0.717, 1.165) is 36.6 Å². The lowest BCUT2D eigenvalue weighted by Crippen LogP contribution is -2.25. The number of aromatic nitrogens is 2. The number of fused-ring (bicyclic) bond motifs is 1. The minimum absolute atomic E-state index is 0.00737. The zero-order chi connectivity index (χ0) is 23.4. The fourth-order valence-corrected chi connectivity index (χ4v) is 4.44. The van der Waals surface area contributed by atoms with E-state index in [9.17, 15) is 14.9 Å². The highest BCUT2D eigenvalue weighted by atomic mass is 79.9. The van der Waals surface area contributed by atoms with Gasteiger partial charge in [0.1, 0.15) is 12.4 Å². The molecule has 0 saturated heterocycles. The molecule has 2 aromatic carbocycles. The van der Waals surface area contributed by atoms with Crippen molar-refractivity contribution in [3.63, 3.8) is 0 Å². The summed E-state index contributed by atoms with van der Waals surface area (Å²) < 4.78 is 7.53. The lowest BCUT2D eigenvalue weighted by molar-refractivity contribution is -0.385. The van der Waals surface area contributed by atoms with Crippen LogP contribution >= 0.6 is 15.9 Å². The molecule has 0 spiro atoms. The normalized spacial score (nSPS) is 14.4. The maximum Gasteiger partial charge on any atom is 0.311 e. The first-order valence-electron chi connectivity index (χ1n) is 10.6. The van der Waals surface area contributed by atoms with Crippen molar-refractivity contribution in [1.29, 1.82) is 0 Å². The summed E-state index contributed by atoms with van der Waals surface area (Å²) >= 11 is 3.41. The molecule has 1 fully saturated rings. The van der Waals surface area contributed by atoms with E-state index in [0.29, 0.717) is 22.3 Å². The maximum atomic E-state index is 13.4. The van der Waals surface area contributed by atoms with Gasteiger partial charge in [-0.2, -0.15) is 9.78 Å². The molecule has 1 aliphatic rings. The number of nitrogens with zero attached hydrogens (tertiary/aromatic N) is 4. The van der Waals surface area contributed by atoms with Gasteiger partial charge >= 0.3 is 5.69 Å².